The molecular formula is C31H30BrN3O4. The van der Waals surface area contributed by atoms with Gasteiger partial charge in [0, 0.05) is 56.2 Å². The van der Waals surface area contributed by atoms with Gasteiger partial charge in [0.1, 0.15) is 6.54 Å². The number of pyridine rings is 1. The first-order valence-electron chi connectivity index (χ1n) is 12.9. The third kappa shape index (κ3) is 6.34. The van der Waals surface area contributed by atoms with Gasteiger partial charge in [-0.3, -0.25) is 9.59 Å². The number of halogens is 1. The maximum atomic E-state index is 12.1. The number of amides is 2. The van der Waals surface area contributed by atoms with E-state index in [-0.39, 0.29) is 36.2 Å². The van der Waals surface area contributed by atoms with Gasteiger partial charge in [0.05, 0.1) is 5.39 Å². The van der Waals surface area contributed by atoms with Crippen molar-refractivity contribution < 1.29 is 40.8 Å². The van der Waals surface area contributed by atoms with Gasteiger partial charge in [-0.2, -0.15) is 4.57 Å². The Morgan fingerprint density at radius 2 is 1.72 bits per heavy atom. The van der Waals surface area contributed by atoms with Crippen LogP contribution in [0, 0.1) is 0 Å². The van der Waals surface area contributed by atoms with Crippen LogP contribution in [-0.4, -0.2) is 29.9 Å². The number of para-hydroxylation sites is 2. The number of rotatable bonds is 8. The van der Waals surface area contributed by atoms with Crippen molar-refractivity contribution in [2.24, 2.45) is 0 Å². The summed E-state index contributed by atoms with van der Waals surface area (Å²) in [6.45, 7) is 0.735. The number of hydrogen-bond donors (Lipinski definition) is 0. The van der Waals surface area contributed by atoms with Crippen molar-refractivity contribution in [3.8, 4) is 0 Å². The Bertz CT molecular complexity index is 1480. The Hall–Kier alpha value is -4.04. The Morgan fingerprint density at radius 1 is 0.974 bits per heavy atom. The molecule has 2 aliphatic heterocycles. The van der Waals surface area contributed by atoms with Crippen molar-refractivity contribution in [2.75, 3.05) is 11.9 Å². The van der Waals surface area contributed by atoms with Gasteiger partial charge in [0.2, 0.25) is 5.52 Å². The van der Waals surface area contributed by atoms with Crippen LogP contribution >= 0.6 is 0 Å². The number of nitrogens with zero attached hydrogens (tertiary/aromatic N) is 3. The molecule has 3 aromatic rings. The highest BCUT2D eigenvalue weighted by Crippen LogP contribution is 2.29. The monoisotopic (exact) mass is 587 g/mol. The zero-order valence-electron chi connectivity index (χ0n) is 21.8. The normalized spacial score (nSPS) is 15.8. The summed E-state index contributed by atoms with van der Waals surface area (Å²) in [6, 6.07) is 18.7. The maximum absolute atomic E-state index is 12.1. The molecule has 0 N–H and O–H groups in total. The van der Waals surface area contributed by atoms with Crippen LogP contribution in [0.3, 0.4) is 0 Å². The molecule has 0 aliphatic carbocycles. The van der Waals surface area contributed by atoms with Crippen molar-refractivity contribution in [3.05, 3.63) is 95.8 Å². The van der Waals surface area contributed by atoms with E-state index in [2.05, 4.69) is 89.5 Å². The number of hydroxylamine groups is 2. The third-order valence-electron chi connectivity index (χ3n) is 6.85. The lowest BCUT2D eigenvalue weighted by Gasteiger charge is -2.26. The van der Waals surface area contributed by atoms with Gasteiger partial charge in [-0.05, 0) is 41.8 Å². The Balaban J connectivity index is 0.00000353. The molecule has 0 saturated carbocycles. The Morgan fingerprint density at radius 3 is 2.54 bits per heavy atom. The number of likely N-dealkylation sites (N-methyl/N-ethyl adjacent to an activating group) is 1. The quantitative estimate of drug-likeness (QED) is 0.229. The van der Waals surface area contributed by atoms with Crippen molar-refractivity contribution in [2.45, 2.75) is 38.6 Å². The number of carbonyl (C=O) groups is 3. The molecule has 5 rings (SSSR count). The fraction of sp³-hybridized carbons (Fsp3) is 0.226. The van der Waals surface area contributed by atoms with E-state index in [1.807, 2.05) is 18.2 Å². The second-order valence-corrected chi connectivity index (χ2v) is 9.39. The predicted molar refractivity (Wildman–Crippen MR) is 146 cm³/mol. The van der Waals surface area contributed by atoms with E-state index in [1.54, 1.807) is 0 Å². The summed E-state index contributed by atoms with van der Waals surface area (Å²) < 4.78 is 2.18. The first-order chi connectivity index (χ1) is 18.5. The van der Waals surface area contributed by atoms with Crippen LogP contribution in [0.4, 0.5) is 5.69 Å². The van der Waals surface area contributed by atoms with Crippen LogP contribution in [0.15, 0.2) is 84.7 Å². The summed E-state index contributed by atoms with van der Waals surface area (Å²) in [5, 5.41) is 1.75. The molecule has 2 aromatic carbocycles. The molecule has 7 nitrogen and oxygen atoms in total. The number of imide groups is 1. The SMILES string of the molecule is CN1/C(=C/C=C/c2cc[n+](CCCCC(=O)ON3C(=O)CCC3=O)c3ccccc23)C=Cc2ccccc21.[Br-]. The molecule has 3 heterocycles. The molecule has 1 fully saturated rings. The van der Waals surface area contributed by atoms with Gasteiger partial charge in [-0.25, -0.2) is 4.79 Å². The number of unbranched alkanes of at least 4 members (excludes halogenated alkanes) is 1. The predicted octanol–water partition coefficient (Wildman–Crippen LogP) is 1.97. The first-order valence-corrected chi connectivity index (χ1v) is 12.9. The van der Waals surface area contributed by atoms with Crippen molar-refractivity contribution in [1.82, 2.24) is 5.06 Å². The summed E-state index contributed by atoms with van der Waals surface area (Å²) in [6.07, 6.45) is 14.4. The van der Waals surface area contributed by atoms with Crippen molar-refractivity contribution in [1.29, 1.82) is 0 Å². The average Bonchev–Trinajstić information content (AvgIpc) is 3.25. The molecule has 0 atom stereocenters. The lowest BCUT2D eigenvalue weighted by Crippen LogP contribution is -3.00. The van der Waals surface area contributed by atoms with E-state index in [1.165, 1.54) is 11.3 Å². The molecule has 39 heavy (non-hydrogen) atoms. The van der Waals surface area contributed by atoms with Crippen LogP contribution in [0.2, 0.25) is 0 Å². The topological polar surface area (TPSA) is 70.8 Å². The molecule has 1 saturated heterocycles. The largest absolute Gasteiger partial charge is 1.00 e. The van der Waals surface area contributed by atoms with Gasteiger partial charge >= 0.3 is 5.97 Å². The van der Waals surface area contributed by atoms with Crippen LogP contribution in [0.25, 0.3) is 23.1 Å². The first kappa shape index (κ1) is 28.0. The number of anilines is 1. The lowest BCUT2D eigenvalue weighted by atomic mass is 10.1. The Labute approximate surface area is 238 Å². The molecule has 2 aliphatic rings. The number of hydrogen-bond acceptors (Lipinski definition) is 5. The van der Waals surface area contributed by atoms with Crippen LogP contribution < -0.4 is 26.4 Å². The molecule has 0 unspecified atom stereocenters. The Kier molecular flexibility index (Phi) is 9.09. The van der Waals surface area contributed by atoms with Crippen LogP contribution in [0.5, 0.6) is 0 Å². The maximum Gasteiger partial charge on any atom is 0.333 e. The van der Waals surface area contributed by atoms with E-state index in [0.29, 0.717) is 11.5 Å². The zero-order chi connectivity index (χ0) is 26.5. The molecule has 2 amide bonds. The van der Waals surface area contributed by atoms with Gasteiger partial charge in [0.25, 0.3) is 11.8 Å². The smallest absolute Gasteiger partial charge is 0.333 e. The minimum Gasteiger partial charge on any atom is -1.00 e. The fourth-order valence-electron chi connectivity index (χ4n) is 4.78. The molecule has 1 aromatic heterocycles. The van der Waals surface area contributed by atoms with Gasteiger partial charge < -0.3 is 26.7 Å². The standard InChI is InChI=1S/C31H30N3O4.BrH/c1-32-25(17-16-24-9-2-4-13-27(24)32)11-8-10-23-20-22-33(28-14-5-3-12-26(23)28)21-7-6-15-31(37)38-34-29(35)18-19-30(34)36;/h2-5,8-14,16-17,20,22H,6-7,15,18-19,21H2,1H3;1H/q+1;/p-1. The summed E-state index contributed by atoms with van der Waals surface area (Å²) in [5.41, 5.74) is 5.75. The van der Waals surface area contributed by atoms with Gasteiger partial charge in [-0.15, -0.1) is 5.06 Å². The van der Waals surface area contributed by atoms with Crippen molar-refractivity contribution >= 4 is 46.5 Å². The summed E-state index contributed by atoms with van der Waals surface area (Å²) in [7, 11) is 2.08. The van der Waals surface area contributed by atoms with Crippen molar-refractivity contribution in [3.63, 3.8) is 0 Å². The third-order valence-corrected chi connectivity index (χ3v) is 6.85. The van der Waals surface area contributed by atoms with Gasteiger partial charge in [0.15, 0.2) is 6.20 Å². The highest BCUT2D eigenvalue weighted by Gasteiger charge is 2.32. The summed E-state index contributed by atoms with van der Waals surface area (Å²) in [5.74, 6) is -1.47. The molecule has 8 heteroatoms. The lowest BCUT2D eigenvalue weighted by molar-refractivity contribution is -0.671. The highest BCUT2D eigenvalue weighted by molar-refractivity contribution is 6.01. The number of aryl methyl sites for hydroxylation is 1. The molecule has 0 spiro atoms. The molecule has 200 valence electrons. The number of aromatic nitrogens is 1. The number of fused-ring (bicyclic) bond motifs is 2. The minimum atomic E-state index is -0.556. The highest BCUT2D eigenvalue weighted by atomic mass is 79.9. The summed E-state index contributed by atoms with van der Waals surface area (Å²) in [4.78, 5) is 42.4. The minimum absolute atomic E-state index is 0. The molecule has 0 bridgehead atoms. The van der Waals surface area contributed by atoms with E-state index in [0.717, 1.165) is 35.1 Å². The summed E-state index contributed by atoms with van der Waals surface area (Å²) >= 11 is 0. The van der Waals surface area contributed by atoms with E-state index in [4.69, 9.17) is 4.84 Å². The molecular weight excluding hydrogens is 558 g/mol. The molecule has 0 radical (unpaired) electrons. The van der Waals surface area contributed by atoms with Crippen LogP contribution in [0.1, 0.15) is 43.2 Å². The number of benzene rings is 2. The van der Waals surface area contributed by atoms with E-state index in [9.17, 15) is 14.4 Å². The van der Waals surface area contributed by atoms with E-state index < -0.39 is 17.8 Å². The zero-order valence-corrected chi connectivity index (χ0v) is 23.3. The van der Waals surface area contributed by atoms with Gasteiger partial charge in [-0.1, -0.05) is 48.6 Å². The second kappa shape index (κ2) is 12.7. The van der Waals surface area contributed by atoms with Crippen LogP contribution in [-0.2, 0) is 25.8 Å². The second-order valence-electron chi connectivity index (χ2n) is 9.39. The fourth-order valence-corrected chi connectivity index (χ4v) is 4.78. The number of allylic oxidation sites excluding steroid dienone is 3. The average molecular weight is 589 g/mol. The number of carbonyl (C=O) groups excluding carboxylic acids is 3. The van der Waals surface area contributed by atoms with E-state index >= 15 is 0 Å².